The second-order valence-electron chi connectivity index (χ2n) is 6.63. The van der Waals surface area contributed by atoms with Crippen LogP contribution in [0.25, 0.3) is 10.9 Å². The molecule has 1 amide bonds. The highest BCUT2D eigenvalue weighted by atomic mass is 16.5. The summed E-state index contributed by atoms with van der Waals surface area (Å²) in [6, 6.07) is 9.55. The molecule has 1 unspecified atom stereocenters. The fourth-order valence-electron chi connectivity index (χ4n) is 3.76. The summed E-state index contributed by atoms with van der Waals surface area (Å²) < 4.78 is 11.6. The molecule has 0 saturated carbocycles. The Bertz CT molecular complexity index is 755. The van der Waals surface area contributed by atoms with Crippen LogP contribution >= 0.6 is 0 Å². The number of aromatic nitrogens is 1. The van der Waals surface area contributed by atoms with Crippen molar-refractivity contribution in [3.63, 3.8) is 0 Å². The van der Waals surface area contributed by atoms with E-state index in [4.69, 9.17) is 9.47 Å². The maximum absolute atomic E-state index is 12.8. The molecule has 2 fully saturated rings. The number of fused-ring (bicyclic) bond motifs is 1. The van der Waals surface area contributed by atoms with Crippen LogP contribution < -0.4 is 0 Å². The number of carbonyl (C=O) groups is 1. The molecule has 5 nitrogen and oxygen atoms in total. The molecular weight excluding hydrogens is 304 g/mol. The molecule has 24 heavy (non-hydrogen) atoms. The van der Waals surface area contributed by atoms with Crippen molar-refractivity contribution in [3.8, 4) is 0 Å². The normalized spacial score (nSPS) is 22.0. The van der Waals surface area contributed by atoms with Gasteiger partial charge in [0.25, 0.3) is 5.91 Å². The topological polar surface area (TPSA) is 51.7 Å². The zero-order valence-corrected chi connectivity index (χ0v) is 13.9. The van der Waals surface area contributed by atoms with E-state index in [1.54, 1.807) is 6.20 Å². The Morgan fingerprint density at radius 2 is 2.29 bits per heavy atom. The smallest absolute Gasteiger partial charge is 0.254 e. The number of hydrogen-bond donors (Lipinski definition) is 0. The third kappa shape index (κ3) is 2.58. The second kappa shape index (κ2) is 6.15. The summed E-state index contributed by atoms with van der Waals surface area (Å²) in [7, 11) is 0. The zero-order valence-electron chi connectivity index (χ0n) is 13.9. The van der Waals surface area contributed by atoms with Crippen LogP contribution in [-0.4, -0.2) is 54.3 Å². The van der Waals surface area contributed by atoms with Crippen LogP contribution in [0.1, 0.15) is 23.7 Å². The predicted octanol–water partition coefficient (Wildman–Crippen LogP) is 2.50. The van der Waals surface area contributed by atoms with Crippen LogP contribution in [0, 0.1) is 5.92 Å². The van der Waals surface area contributed by atoms with Crippen LogP contribution in [0.2, 0.25) is 0 Å². The Hall–Kier alpha value is -1.98. The van der Waals surface area contributed by atoms with Crippen LogP contribution in [0.15, 0.2) is 36.5 Å². The number of ether oxygens (including phenoxy) is 2. The average molecular weight is 326 g/mol. The Kier molecular flexibility index (Phi) is 3.98. The first-order chi connectivity index (χ1) is 11.7. The fraction of sp³-hybridized carbons (Fsp3) is 0.474. The predicted molar refractivity (Wildman–Crippen MR) is 90.9 cm³/mol. The van der Waals surface area contributed by atoms with Crippen molar-refractivity contribution in [1.82, 2.24) is 9.88 Å². The van der Waals surface area contributed by atoms with Gasteiger partial charge in [-0.05, 0) is 37.6 Å². The number of likely N-dealkylation sites (tertiary alicyclic amines) is 1. The van der Waals surface area contributed by atoms with Gasteiger partial charge in [-0.2, -0.15) is 0 Å². The minimum Gasteiger partial charge on any atom is -0.381 e. The molecule has 3 heterocycles. The Labute approximate surface area is 141 Å². The average Bonchev–Trinajstić information content (AvgIpc) is 3.01. The molecule has 1 atom stereocenters. The van der Waals surface area contributed by atoms with Gasteiger partial charge in [0.05, 0.1) is 25.2 Å². The maximum Gasteiger partial charge on any atom is 0.254 e. The first-order valence-electron chi connectivity index (χ1n) is 8.57. The molecule has 4 rings (SSSR count). The van der Waals surface area contributed by atoms with Crippen LogP contribution in [0.5, 0.6) is 0 Å². The summed E-state index contributed by atoms with van der Waals surface area (Å²) >= 11 is 0. The number of pyridine rings is 1. The van der Waals surface area contributed by atoms with Gasteiger partial charge in [0.1, 0.15) is 5.60 Å². The molecule has 2 aliphatic heterocycles. The molecule has 2 aromatic rings. The first-order valence-corrected chi connectivity index (χ1v) is 8.57. The molecule has 2 saturated heterocycles. The van der Waals surface area contributed by atoms with Gasteiger partial charge in [0.2, 0.25) is 0 Å². The van der Waals surface area contributed by atoms with Crippen molar-refractivity contribution in [3.05, 3.63) is 42.1 Å². The molecule has 1 spiro atoms. The summed E-state index contributed by atoms with van der Waals surface area (Å²) in [6.07, 6.45) is 2.78. The Balaban J connectivity index is 1.46. The van der Waals surface area contributed by atoms with E-state index in [9.17, 15) is 4.79 Å². The van der Waals surface area contributed by atoms with Crippen molar-refractivity contribution < 1.29 is 14.3 Å². The third-order valence-electron chi connectivity index (χ3n) is 5.18. The standard InChI is InChI=1S/C19H22N2O3/c1-2-23-11-16-7-9-24-19(16)12-21(13-19)18(22)15-5-6-17-14(10-15)4-3-8-20-17/h3-6,8,10,16H,2,7,9,11-13H2,1H3. The van der Waals surface area contributed by atoms with E-state index in [2.05, 4.69) is 4.98 Å². The van der Waals surface area contributed by atoms with Gasteiger partial charge in [-0.25, -0.2) is 0 Å². The van der Waals surface area contributed by atoms with Gasteiger partial charge in [0, 0.05) is 36.3 Å². The maximum atomic E-state index is 12.8. The van der Waals surface area contributed by atoms with Crippen molar-refractivity contribution >= 4 is 16.8 Å². The van der Waals surface area contributed by atoms with E-state index in [0.717, 1.165) is 37.1 Å². The molecule has 5 heteroatoms. The van der Waals surface area contributed by atoms with Crippen LogP contribution in [-0.2, 0) is 9.47 Å². The highest BCUT2D eigenvalue weighted by Gasteiger charge is 2.54. The Morgan fingerprint density at radius 1 is 1.42 bits per heavy atom. The number of rotatable bonds is 4. The fourth-order valence-corrected chi connectivity index (χ4v) is 3.76. The summed E-state index contributed by atoms with van der Waals surface area (Å²) in [5, 5.41) is 0.991. The summed E-state index contributed by atoms with van der Waals surface area (Å²) in [5.74, 6) is 0.458. The van der Waals surface area contributed by atoms with E-state index in [-0.39, 0.29) is 11.5 Å². The molecule has 1 aromatic heterocycles. The van der Waals surface area contributed by atoms with E-state index in [1.807, 2.05) is 42.2 Å². The van der Waals surface area contributed by atoms with E-state index in [0.29, 0.717) is 24.6 Å². The molecule has 1 aromatic carbocycles. The van der Waals surface area contributed by atoms with Crippen LogP contribution in [0.3, 0.4) is 0 Å². The third-order valence-corrected chi connectivity index (χ3v) is 5.18. The quantitative estimate of drug-likeness (QED) is 0.866. The highest BCUT2D eigenvalue weighted by molar-refractivity contribution is 5.98. The first kappa shape index (κ1) is 15.5. The lowest BCUT2D eigenvalue weighted by Crippen LogP contribution is -2.66. The van der Waals surface area contributed by atoms with Crippen LogP contribution in [0.4, 0.5) is 0 Å². The van der Waals surface area contributed by atoms with Gasteiger partial charge in [0.15, 0.2) is 0 Å². The van der Waals surface area contributed by atoms with Gasteiger partial charge < -0.3 is 14.4 Å². The monoisotopic (exact) mass is 326 g/mol. The molecule has 0 N–H and O–H groups in total. The van der Waals surface area contributed by atoms with Gasteiger partial charge in [-0.3, -0.25) is 9.78 Å². The summed E-state index contributed by atoms with van der Waals surface area (Å²) in [5.41, 5.74) is 1.43. The second-order valence-corrected chi connectivity index (χ2v) is 6.63. The van der Waals surface area contributed by atoms with Crippen molar-refractivity contribution in [2.75, 3.05) is 32.9 Å². The van der Waals surface area contributed by atoms with Crippen molar-refractivity contribution in [1.29, 1.82) is 0 Å². The van der Waals surface area contributed by atoms with Crippen molar-refractivity contribution in [2.24, 2.45) is 5.92 Å². The SMILES string of the molecule is CCOCC1CCOC12CN(C(=O)c1ccc3ncccc3c1)C2. The largest absolute Gasteiger partial charge is 0.381 e. The summed E-state index contributed by atoms with van der Waals surface area (Å²) in [4.78, 5) is 18.9. The molecular formula is C19H22N2O3. The zero-order chi connectivity index (χ0) is 16.6. The lowest BCUT2D eigenvalue weighted by molar-refractivity contribution is -0.127. The Morgan fingerprint density at radius 3 is 3.12 bits per heavy atom. The molecule has 126 valence electrons. The number of amides is 1. The minimum atomic E-state index is -0.191. The van der Waals surface area contributed by atoms with Gasteiger partial charge in [-0.1, -0.05) is 6.07 Å². The molecule has 0 bridgehead atoms. The number of nitrogens with zero attached hydrogens (tertiary/aromatic N) is 2. The number of hydrogen-bond acceptors (Lipinski definition) is 4. The van der Waals surface area contributed by atoms with Gasteiger partial charge in [-0.15, -0.1) is 0 Å². The van der Waals surface area contributed by atoms with Crippen molar-refractivity contribution in [2.45, 2.75) is 18.9 Å². The molecule has 0 radical (unpaired) electrons. The highest BCUT2D eigenvalue weighted by Crippen LogP contribution is 2.40. The molecule has 0 aliphatic carbocycles. The lowest BCUT2D eigenvalue weighted by atomic mass is 9.81. The van der Waals surface area contributed by atoms with E-state index < -0.39 is 0 Å². The van der Waals surface area contributed by atoms with Gasteiger partial charge >= 0.3 is 0 Å². The summed E-state index contributed by atoms with van der Waals surface area (Å²) in [6.45, 7) is 5.54. The van der Waals surface area contributed by atoms with E-state index >= 15 is 0 Å². The minimum absolute atomic E-state index is 0.0667. The number of carbonyl (C=O) groups excluding carboxylic acids is 1. The van der Waals surface area contributed by atoms with E-state index in [1.165, 1.54) is 0 Å². The molecule has 2 aliphatic rings. The number of benzene rings is 1. The lowest BCUT2D eigenvalue weighted by Gasteiger charge is -2.50.